The summed E-state index contributed by atoms with van der Waals surface area (Å²) in [5.74, 6) is 0.998. The second-order valence-corrected chi connectivity index (χ2v) is 8.43. The third-order valence-corrected chi connectivity index (χ3v) is 5.81. The largest absolute Gasteiger partial charge is 0.372 e. The van der Waals surface area contributed by atoms with Crippen LogP contribution < -0.4 is 10.2 Å². The van der Waals surface area contributed by atoms with Gasteiger partial charge in [-0.3, -0.25) is 4.79 Å². The topological polar surface area (TPSA) is 71.3 Å². The van der Waals surface area contributed by atoms with E-state index in [1.165, 1.54) is 24.9 Å². The van der Waals surface area contributed by atoms with E-state index in [1.54, 1.807) is 0 Å². The number of hydrogen-bond acceptors (Lipinski definition) is 5. The van der Waals surface area contributed by atoms with Crippen molar-refractivity contribution in [3.05, 3.63) is 64.5 Å². The summed E-state index contributed by atoms with van der Waals surface area (Å²) in [6.07, 6.45) is 4.57. The number of anilines is 1. The Bertz CT molecular complexity index is 964. The fraction of sp³-hybridized carbons (Fsp3) is 0.348. The highest BCUT2D eigenvalue weighted by atomic mass is 79.9. The first kappa shape index (κ1) is 20.6. The lowest BCUT2D eigenvalue weighted by atomic mass is 10.1. The third-order valence-electron chi connectivity index (χ3n) is 5.28. The summed E-state index contributed by atoms with van der Waals surface area (Å²) >= 11 is 3.40. The van der Waals surface area contributed by atoms with Crippen LogP contribution in [0, 0.1) is 0 Å². The van der Waals surface area contributed by atoms with Gasteiger partial charge in [-0.15, -0.1) is 0 Å². The molecule has 1 aliphatic rings. The number of benzene rings is 2. The minimum absolute atomic E-state index is 0.0384. The van der Waals surface area contributed by atoms with Gasteiger partial charge in [0.2, 0.25) is 17.6 Å². The van der Waals surface area contributed by atoms with Gasteiger partial charge in [0.1, 0.15) is 0 Å². The fourth-order valence-electron chi connectivity index (χ4n) is 3.56. The predicted octanol–water partition coefficient (Wildman–Crippen LogP) is 4.74. The molecule has 2 heterocycles. The molecule has 0 unspecified atom stereocenters. The molecule has 1 aromatic heterocycles. The minimum Gasteiger partial charge on any atom is -0.372 e. The molecule has 1 N–H and O–H groups in total. The van der Waals surface area contributed by atoms with E-state index in [4.69, 9.17) is 4.52 Å². The van der Waals surface area contributed by atoms with Crippen LogP contribution in [0.2, 0.25) is 0 Å². The number of hydrogen-bond donors (Lipinski definition) is 1. The minimum atomic E-state index is -0.0384. The molecule has 1 saturated heterocycles. The fourth-order valence-corrected chi connectivity index (χ4v) is 3.82. The standard InChI is InChI=1S/C23H25BrN4O2/c24-19-8-4-17(5-9-19)16-25-21(29)12-13-22-26-23(27-30-22)18-6-10-20(11-7-18)28-14-2-1-3-15-28/h4-11H,1-3,12-16H2,(H,25,29). The molecule has 3 aromatic rings. The summed E-state index contributed by atoms with van der Waals surface area (Å²) in [7, 11) is 0. The molecule has 0 saturated carbocycles. The van der Waals surface area contributed by atoms with Gasteiger partial charge in [-0.1, -0.05) is 33.2 Å². The quantitative estimate of drug-likeness (QED) is 0.542. The molecule has 0 bridgehead atoms. The predicted molar refractivity (Wildman–Crippen MR) is 120 cm³/mol. The highest BCUT2D eigenvalue weighted by Gasteiger charge is 2.13. The first-order valence-electron chi connectivity index (χ1n) is 10.4. The molecule has 2 aromatic carbocycles. The van der Waals surface area contributed by atoms with E-state index in [2.05, 4.69) is 48.4 Å². The average molecular weight is 469 g/mol. The van der Waals surface area contributed by atoms with Gasteiger partial charge in [0.25, 0.3) is 0 Å². The van der Waals surface area contributed by atoms with Crippen LogP contribution in [0.5, 0.6) is 0 Å². The first-order chi connectivity index (χ1) is 14.7. The van der Waals surface area contributed by atoms with Gasteiger partial charge in [-0.05, 0) is 61.2 Å². The van der Waals surface area contributed by atoms with Crippen molar-refractivity contribution in [2.45, 2.75) is 38.6 Å². The number of carbonyl (C=O) groups excluding carboxylic acids is 1. The lowest BCUT2D eigenvalue weighted by Crippen LogP contribution is -2.29. The van der Waals surface area contributed by atoms with E-state index in [0.717, 1.165) is 28.7 Å². The van der Waals surface area contributed by atoms with E-state index in [9.17, 15) is 4.79 Å². The Morgan fingerprint density at radius 1 is 1.03 bits per heavy atom. The second-order valence-electron chi connectivity index (χ2n) is 7.51. The highest BCUT2D eigenvalue weighted by molar-refractivity contribution is 9.10. The number of aryl methyl sites for hydroxylation is 1. The number of piperidine rings is 1. The van der Waals surface area contributed by atoms with Crippen molar-refractivity contribution >= 4 is 27.5 Å². The van der Waals surface area contributed by atoms with Gasteiger partial charge in [-0.2, -0.15) is 4.98 Å². The third kappa shape index (κ3) is 5.48. The van der Waals surface area contributed by atoms with Crippen molar-refractivity contribution in [3.63, 3.8) is 0 Å². The van der Waals surface area contributed by atoms with Crippen molar-refractivity contribution in [2.24, 2.45) is 0 Å². The van der Waals surface area contributed by atoms with E-state index >= 15 is 0 Å². The van der Waals surface area contributed by atoms with Crippen LogP contribution in [0.3, 0.4) is 0 Å². The molecule has 1 fully saturated rings. The lowest BCUT2D eigenvalue weighted by Gasteiger charge is -2.28. The monoisotopic (exact) mass is 468 g/mol. The molecule has 0 aliphatic carbocycles. The summed E-state index contributed by atoms with van der Waals surface area (Å²) in [6.45, 7) is 2.75. The summed E-state index contributed by atoms with van der Waals surface area (Å²) in [5, 5.41) is 6.99. The van der Waals surface area contributed by atoms with Gasteiger partial charge in [0.05, 0.1) is 0 Å². The molecule has 4 rings (SSSR count). The number of aromatic nitrogens is 2. The van der Waals surface area contributed by atoms with Crippen LogP contribution in [0.4, 0.5) is 5.69 Å². The summed E-state index contributed by atoms with van der Waals surface area (Å²) in [6, 6.07) is 16.2. The lowest BCUT2D eigenvalue weighted by molar-refractivity contribution is -0.121. The Labute approximate surface area is 184 Å². The smallest absolute Gasteiger partial charge is 0.227 e. The second kappa shape index (κ2) is 9.89. The zero-order chi connectivity index (χ0) is 20.8. The number of nitrogens with zero attached hydrogens (tertiary/aromatic N) is 3. The Kier molecular flexibility index (Phi) is 6.79. The van der Waals surface area contributed by atoms with Crippen LogP contribution in [-0.4, -0.2) is 29.1 Å². The maximum Gasteiger partial charge on any atom is 0.227 e. The van der Waals surface area contributed by atoms with Crippen molar-refractivity contribution in [1.82, 2.24) is 15.5 Å². The Morgan fingerprint density at radius 3 is 2.50 bits per heavy atom. The molecule has 1 aliphatic heterocycles. The molecule has 156 valence electrons. The molecule has 6 nitrogen and oxygen atoms in total. The molecular weight excluding hydrogens is 444 g/mol. The molecule has 0 atom stereocenters. The van der Waals surface area contributed by atoms with Crippen molar-refractivity contribution < 1.29 is 9.32 Å². The van der Waals surface area contributed by atoms with Gasteiger partial charge < -0.3 is 14.7 Å². The zero-order valence-electron chi connectivity index (χ0n) is 16.8. The van der Waals surface area contributed by atoms with Crippen LogP contribution in [0.25, 0.3) is 11.4 Å². The average Bonchev–Trinajstić information content (AvgIpc) is 3.27. The summed E-state index contributed by atoms with van der Waals surface area (Å²) in [5.41, 5.74) is 3.22. The van der Waals surface area contributed by atoms with Crippen molar-refractivity contribution in [3.8, 4) is 11.4 Å². The van der Waals surface area contributed by atoms with Gasteiger partial charge >= 0.3 is 0 Å². The van der Waals surface area contributed by atoms with Gasteiger partial charge in [0, 0.05) is 48.2 Å². The molecule has 1 amide bonds. The zero-order valence-corrected chi connectivity index (χ0v) is 18.4. The summed E-state index contributed by atoms with van der Waals surface area (Å²) in [4.78, 5) is 19.0. The Hall–Kier alpha value is -2.67. The number of nitrogens with one attached hydrogen (secondary N) is 1. The molecule has 0 spiro atoms. The van der Waals surface area contributed by atoms with E-state index in [-0.39, 0.29) is 5.91 Å². The van der Waals surface area contributed by atoms with Gasteiger partial charge in [-0.25, -0.2) is 0 Å². The number of carbonyl (C=O) groups is 1. The maximum atomic E-state index is 12.1. The van der Waals surface area contributed by atoms with Crippen LogP contribution in [-0.2, 0) is 17.8 Å². The van der Waals surface area contributed by atoms with Crippen molar-refractivity contribution in [1.29, 1.82) is 0 Å². The van der Waals surface area contributed by atoms with Crippen LogP contribution >= 0.6 is 15.9 Å². The van der Waals surface area contributed by atoms with Gasteiger partial charge in [0.15, 0.2) is 0 Å². The molecular formula is C23H25BrN4O2. The van der Waals surface area contributed by atoms with E-state index < -0.39 is 0 Å². The Balaban J connectivity index is 1.27. The first-order valence-corrected chi connectivity index (χ1v) is 11.2. The maximum absolute atomic E-state index is 12.1. The van der Waals surface area contributed by atoms with Crippen LogP contribution in [0.15, 0.2) is 57.5 Å². The normalized spacial score (nSPS) is 14.0. The molecule has 0 radical (unpaired) electrons. The highest BCUT2D eigenvalue weighted by Crippen LogP contribution is 2.24. The number of amides is 1. The summed E-state index contributed by atoms with van der Waals surface area (Å²) < 4.78 is 6.35. The molecule has 30 heavy (non-hydrogen) atoms. The Morgan fingerprint density at radius 2 is 1.77 bits per heavy atom. The van der Waals surface area contributed by atoms with Crippen molar-refractivity contribution in [2.75, 3.05) is 18.0 Å². The SMILES string of the molecule is O=C(CCc1nc(-c2ccc(N3CCCCC3)cc2)no1)NCc1ccc(Br)cc1. The van der Waals surface area contributed by atoms with E-state index in [1.807, 2.05) is 36.4 Å². The van der Waals surface area contributed by atoms with Crippen LogP contribution in [0.1, 0.15) is 37.1 Å². The van der Waals surface area contributed by atoms with E-state index in [0.29, 0.717) is 31.1 Å². The number of halogens is 1. The number of rotatable bonds is 7. The molecule has 7 heteroatoms.